The van der Waals surface area contributed by atoms with E-state index in [1.807, 2.05) is 6.92 Å². The summed E-state index contributed by atoms with van der Waals surface area (Å²) in [6.45, 7) is 7.89. The molecule has 3 N–H and O–H groups in total. The van der Waals surface area contributed by atoms with Gasteiger partial charge in [0.1, 0.15) is 0 Å². The van der Waals surface area contributed by atoms with Crippen LogP contribution in [-0.2, 0) is 9.84 Å². The fourth-order valence-electron chi connectivity index (χ4n) is 0.755. The van der Waals surface area contributed by atoms with Gasteiger partial charge in [0.2, 0.25) is 0 Å². The normalized spacial score (nSPS) is 12.5. The second-order valence-electron chi connectivity index (χ2n) is 3.32. The highest BCUT2D eigenvalue weighted by Gasteiger charge is 2.06. The molecule has 0 unspecified atom stereocenters. The van der Waals surface area contributed by atoms with Crippen LogP contribution < -0.4 is 11.1 Å². The Morgan fingerprint density at radius 3 is 2.60 bits per heavy atom. The summed E-state index contributed by atoms with van der Waals surface area (Å²) in [5.41, 5.74) is 6.40. The number of guanidine groups is 1. The molecule has 0 spiro atoms. The summed E-state index contributed by atoms with van der Waals surface area (Å²) in [6, 6.07) is 0. The minimum absolute atomic E-state index is 0.0762. The summed E-state index contributed by atoms with van der Waals surface area (Å²) in [5, 5.41) is 2.74. The van der Waals surface area contributed by atoms with Crippen LogP contribution in [0.25, 0.3) is 0 Å². The minimum Gasteiger partial charge on any atom is -0.370 e. The first-order valence-corrected chi connectivity index (χ1v) is 6.58. The van der Waals surface area contributed by atoms with Crippen LogP contribution in [0.3, 0.4) is 0 Å². The molecular weight excluding hydrogens is 214 g/mol. The molecule has 0 saturated carbocycles. The highest BCUT2D eigenvalue weighted by atomic mass is 32.2. The Morgan fingerprint density at radius 1 is 1.53 bits per heavy atom. The highest BCUT2D eigenvalue weighted by Crippen LogP contribution is 1.88. The molecule has 0 atom stereocenters. The average Bonchev–Trinajstić information content (AvgIpc) is 2.14. The van der Waals surface area contributed by atoms with Crippen molar-refractivity contribution in [3.8, 4) is 0 Å². The topological polar surface area (TPSA) is 84.5 Å². The molecule has 5 nitrogen and oxygen atoms in total. The van der Waals surface area contributed by atoms with Crippen LogP contribution in [0.5, 0.6) is 0 Å². The molecule has 6 heteroatoms. The van der Waals surface area contributed by atoms with E-state index >= 15 is 0 Å². The molecule has 0 aliphatic heterocycles. The lowest BCUT2D eigenvalue weighted by atomic mass is 10.4. The molecule has 0 aromatic carbocycles. The lowest BCUT2D eigenvalue weighted by Gasteiger charge is -2.05. The highest BCUT2D eigenvalue weighted by molar-refractivity contribution is 7.91. The third-order valence-corrected chi connectivity index (χ3v) is 3.38. The standard InChI is InChI=1S/C9H19N3O2S/c1-4-15(13,14)6-5-11-9(10)12-7-8(2)3/h2,4-7H2,1,3H3,(H3,10,11,12). The zero-order valence-electron chi connectivity index (χ0n) is 9.28. The summed E-state index contributed by atoms with van der Waals surface area (Å²) in [4.78, 5) is 3.96. The molecular formula is C9H19N3O2S. The number of hydrogen-bond donors (Lipinski definition) is 2. The van der Waals surface area contributed by atoms with Gasteiger partial charge in [0.25, 0.3) is 0 Å². The van der Waals surface area contributed by atoms with Gasteiger partial charge in [-0.15, -0.1) is 0 Å². The number of nitrogens with one attached hydrogen (secondary N) is 1. The quantitative estimate of drug-likeness (QED) is 0.381. The van der Waals surface area contributed by atoms with E-state index in [0.717, 1.165) is 5.57 Å². The lowest BCUT2D eigenvalue weighted by molar-refractivity contribution is 0.596. The Balaban J connectivity index is 3.87. The first-order chi connectivity index (χ1) is 6.87. The fraction of sp³-hybridized carbons (Fsp3) is 0.667. The largest absolute Gasteiger partial charge is 0.370 e. The summed E-state index contributed by atoms with van der Waals surface area (Å²) >= 11 is 0. The summed E-state index contributed by atoms with van der Waals surface area (Å²) in [5.74, 6) is 0.480. The monoisotopic (exact) mass is 233 g/mol. The number of aliphatic imine (C=N–C) groups is 1. The first-order valence-electron chi connectivity index (χ1n) is 4.76. The number of nitrogens with zero attached hydrogens (tertiary/aromatic N) is 1. The second kappa shape index (κ2) is 6.44. The molecule has 0 rings (SSSR count). The third-order valence-electron chi connectivity index (χ3n) is 1.68. The molecule has 15 heavy (non-hydrogen) atoms. The van der Waals surface area contributed by atoms with Crippen molar-refractivity contribution in [2.24, 2.45) is 10.7 Å². The molecule has 0 aromatic heterocycles. The molecule has 0 aliphatic carbocycles. The van der Waals surface area contributed by atoms with E-state index in [1.54, 1.807) is 6.92 Å². The van der Waals surface area contributed by atoms with Crippen molar-refractivity contribution in [3.05, 3.63) is 12.2 Å². The Bertz CT molecular complexity index is 333. The van der Waals surface area contributed by atoms with Crippen LogP contribution in [0.1, 0.15) is 13.8 Å². The van der Waals surface area contributed by atoms with Crippen LogP contribution in [0.4, 0.5) is 0 Å². The van der Waals surface area contributed by atoms with Gasteiger partial charge in [0, 0.05) is 12.3 Å². The second-order valence-corrected chi connectivity index (χ2v) is 5.79. The Labute approximate surface area is 91.4 Å². The third kappa shape index (κ3) is 7.99. The molecule has 0 aliphatic rings. The van der Waals surface area contributed by atoms with Crippen LogP contribution in [-0.4, -0.2) is 39.0 Å². The van der Waals surface area contributed by atoms with Crippen molar-refractivity contribution in [1.82, 2.24) is 5.32 Å². The minimum atomic E-state index is -2.94. The van der Waals surface area contributed by atoms with E-state index < -0.39 is 9.84 Å². The maximum absolute atomic E-state index is 11.1. The van der Waals surface area contributed by atoms with E-state index in [4.69, 9.17) is 5.73 Å². The number of hydrogen-bond acceptors (Lipinski definition) is 3. The van der Waals surface area contributed by atoms with Gasteiger partial charge in [-0.3, -0.25) is 0 Å². The van der Waals surface area contributed by atoms with Crippen molar-refractivity contribution in [3.63, 3.8) is 0 Å². The molecule has 0 heterocycles. The van der Waals surface area contributed by atoms with Crippen LogP contribution in [0, 0.1) is 0 Å². The van der Waals surface area contributed by atoms with Crippen LogP contribution in [0.2, 0.25) is 0 Å². The molecule has 0 aromatic rings. The Kier molecular flexibility index (Phi) is 6.00. The summed E-state index contributed by atoms with van der Waals surface area (Å²) in [7, 11) is -2.94. The fourth-order valence-corrected chi connectivity index (χ4v) is 1.46. The van der Waals surface area contributed by atoms with E-state index in [9.17, 15) is 8.42 Å². The molecule has 88 valence electrons. The van der Waals surface area contributed by atoms with Crippen molar-refractivity contribution in [2.45, 2.75) is 13.8 Å². The maximum atomic E-state index is 11.1. The van der Waals surface area contributed by atoms with Crippen molar-refractivity contribution in [1.29, 1.82) is 0 Å². The van der Waals surface area contributed by atoms with Gasteiger partial charge in [0.15, 0.2) is 15.8 Å². The van der Waals surface area contributed by atoms with Crippen LogP contribution >= 0.6 is 0 Å². The van der Waals surface area contributed by atoms with E-state index in [0.29, 0.717) is 13.1 Å². The van der Waals surface area contributed by atoms with Gasteiger partial charge in [-0.25, -0.2) is 13.4 Å². The van der Waals surface area contributed by atoms with Gasteiger partial charge in [-0.2, -0.15) is 0 Å². The SMILES string of the molecule is C=C(C)CN=C(N)NCCS(=O)(=O)CC. The molecule has 0 fully saturated rings. The molecule has 0 amide bonds. The van der Waals surface area contributed by atoms with Gasteiger partial charge in [0.05, 0.1) is 12.3 Å². The molecule has 0 saturated heterocycles. The molecule has 0 radical (unpaired) electrons. The van der Waals surface area contributed by atoms with Crippen molar-refractivity contribution < 1.29 is 8.42 Å². The van der Waals surface area contributed by atoms with Crippen LogP contribution in [0.15, 0.2) is 17.1 Å². The zero-order valence-corrected chi connectivity index (χ0v) is 10.1. The van der Waals surface area contributed by atoms with Gasteiger partial charge in [-0.05, 0) is 6.92 Å². The van der Waals surface area contributed by atoms with E-state index in [1.165, 1.54) is 0 Å². The summed E-state index contributed by atoms with van der Waals surface area (Å²) < 4.78 is 22.2. The Morgan fingerprint density at radius 2 is 2.13 bits per heavy atom. The van der Waals surface area contributed by atoms with Gasteiger partial charge >= 0.3 is 0 Å². The first kappa shape index (κ1) is 14.0. The lowest BCUT2D eigenvalue weighted by Crippen LogP contribution is -2.35. The number of rotatable bonds is 6. The van der Waals surface area contributed by atoms with E-state index in [2.05, 4.69) is 16.9 Å². The molecule has 0 bridgehead atoms. The smallest absolute Gasteiger partial charge is 0.188 e. The summed E-state index contributed by atoms with van der Waals surface area (Å²) in [6.07, 6.45) is 0. The van der Waals surface area contributed by atoms with Gasteiger partial charge < -0.3 is 11.1 Å². The predicted octanol–water partition coefficient (Wildman–Crippen LogP) is -0.0985. The predicted molar refractivity (Wildman–Crippen MR) is 63.6 cm³/mol. The number of nitrogens with two attached hydrogens (primary N) is 1. The zero-order chi connectivity index (χ0) is 11.9. The van der Waals surface area contributed by atoms with E-state index in [-0.39, 0.29) is 17.5 Å². The maximum Gasteiger partial charge on any atom is 0.188 e. The Hall–Kier alpha value is -1.04. The average molecular weight is 233 g/mol. The van der Waals surface area contributed by atoms with Crippen molar-refractivity contribution >= 4 is 15.8 Å². The van der Waals surface area contributed by atoms with Crippen molar-refractivity contribution in [2.75, 3.05) is 24.6 Å². The number of sulfone groups is 1. The van der Waals surface area contributed by atoms with Gasteiger partial charge in [-0.1, -0.05) is 19.1 Å².